The number of carboxylic acids is 1. The molecule has 1 aliphatic rings. The molecule has 0 bridgehead atoms. The lowest BCUT2D eigenvalue weighted by Gasteiger charge is -2.23. The van der Waals surface area contributed by atoms with Gasteiger partial charge in [0.15, 0.2) is 0 Å². The zero-order chi connectivity index (χ0) is 13.1. The fourth-order valence-electron chi connectivity index (χ4n) is 2.51. The standard InChI is InChI=1S/C13H18BrNO2S/c1-9(11-3-4-12(14)18-11)15-7-6-10(8-15)2-5-13(16)17/h3-4,9-10H,2,5-8H2,1H3,(H,16,17). The largest absolute Gasteiger partial charge is 0.481 e. The number of aliphatic carboxylic acids is 1. The minimum absolute atomic E-state index is 0.303. The summed E-state index contributed by atoms with van der Waals surface area (Å²) >= 11 is 5.28. The van der Waals surface area contributed by atoms with Crippen molar-refractivity contribution in [3.8, 4) is 0 Å². The number of halogens is 1. The minimum atomic E-state index is -0.677. The van der Waals surface area contributed by atoms with Gasteiger partial charge in [0.1, 0.15) is 0 Å². The Labute approximate surface area is 120 Å². The highest BCUT2D eigenvalue weighted by Gasteiger charge is 2.27. The molecule has 1 saturated heterocycles. The van der Waals surface area contributed by atoms with Crippen LogP contribution in [-0.2, 0) is 4.79 Å². The van der Waals surface area contributed by atoms with Crippen LogP contribution >= 0.6 is 27.3 Å². The van der Waals surface area contributed by atoms with Crippen LogP contribution in [0.15, 0.2) is 15.9 Å². The fraction of sp³-hybridized carbons (Fsp3) is 0.615. The SMILES string of the molecule is CC(c1ccc(Br)s1)N1CCC(CCC(=O)O)C1. The maximum Gasteiger partial charge on any atom is 0.303 e. The lowest BCUT2D eigenvalue weighted by molar-refractivity contribution is -0.137. The summed E-state index contributed by atoms with van der Waals surface area (Å²) in [5.74, 6) is -0.129. The van der Waals surface area contributed by atoms with Crippen LogP contribution in [0.4, 0.5) is 0 Å². The highest BCUT2D eigenvalue weighted by atomic mass is 79.9. The van der Waals surface area contributed by atoms with Crippen LogP contribution in [0.3, 0.4) is 0 Å². The highest BCUT2D eigenvalue weighted by molar-refractivity contribution is 9.11. The van der Waals surface area contributed by atoms with E-state index in [0.29, 0.717) is 18.4 Å². The molecule has 1 aromatic rings. The van der Waals surface area contributed by atoms with Gasteiger partial charge in [0.2, 0.25) is 0 Å². The van der Waals surface area contributed by atoms with E-state index in [-0.39, 0.29) is 0 Å². The van der Waals surface area contributed by atoms with Gasteiger partial charge in [0.25, 0.3) is 0 Å². The molecule has 5 heteroatoms. The molecule has 1 N–H and O–H groups in total. The molecule has 3 nitrogen and oxygen atoms in total. The number of hydrogen-bond acceptors (Lipinski definition) is 3. The van der Waals surface area contributed by atoms with Crippen molar-refractivity contribution >= 4 is 33.2 Å². The van der Waals surface area contributed by atoms with E-state index in [9.17, 15) is 4.79 Å². The third-order valence-electron chi connectivity index (χ3n) is 3.64. The van der Waals surface area contributed by atoms with Gasteiger partial charge < -0.3 is 5.11 Å². The summed E-state index contributed by atoms with van der Waals surface area (Å²) in [6.45, 7) is 4.35. The Kier molecular flexibility index (Phi) is 4.81. The van der Waals surface area contributed by atoms with E-state index < -0.39 is 5.97 Å². The lowest BCUT2D eigenvalue weighted by atomic mass is 10.0. The zero-order valence-corrected chi connectivity index (χ0v) is 12.8. The van der Waals surface area contributed by atoms with Crippen molar-refractivity contribution in [2.45, 2.75) is 32.2 Å². The molecule has 2 atom stereocenters. The summed E-state index contributed by atoms with van der Waals surface area (Å²) in [5.41, 5.74) is 0. The summed E-state index contributed by atoms with van der Waals surface area (Å²) in [6, 6.07) is 4.70. The first-order chi connectivity index (χ1) is 8.56. The van der Waals surface area contributed by atoms with E-state index in [1.165, 1.54) is 8.66 Å². The van der Waals surface area contributed by atoms with Gasteiger partial charge in [-0.15, -0.1) is 11.3 Å². The van der Waals surface area contributed by atoms with Crippen LogP contribution in [0, 0.1) is 5.92 Å². The first-order valence-corrected chi connectivity index (χ1v) is 7.88. The predicted octanol–water partition coefficient (Wildman–Crippen LogP) is 3.76. The second-order valence-electron chi connectivity index (χ2n) is 4.90. The minimum Gasteiger partial charge on any atom is -0.481 e. The molecule has 0 aliphatic carbocycles. The van der Waals surface area contributed by atoms with E-state index >= 15 is 0 Å². The number of hydrogen-bond donors (Lipinski definition) is 1. The van der Waals surface area contributed by atoms with Crippen LogP contribution in [0.2, 0.25) is 0 Å². The van der Waals surface area contributed by atoms with Crippen LogP contribution in [0.25, 0.3) is 0 Å². The fourth-order valence-corrected chi connectivity index (χ4v) is 4.02. The second-order valence-corrected chi connectivity index (χ2v) is 7.39. The maximum absolute atomic E-state index is 10.6. The highest BCUT2D eigenvalue weighted by Crippen LogP contribution is 2.34. The molecular formula is C13H18BrNO2S. The monoisotopic (exact) mass is 331 g/mol. The molecule has 1 aromatic heterocycles. The summed E-state index contributed by atoms with van der Waals surface area (Å²) < 4.78 is 1.17. The van der Waals surface area contributed by atoms with Crippen molar-refractivity contribution in [3.05, 3.63) is 20.8 Å². The smallest absolute Gasteiger partial charge is 0.303 e. The van der Waals surface area contributed by atoms with Crippen LogP contribution < -0.4 is 0 Å². The first kappa shape index (κ1) is 14.0. The zero-order valence-electron chi connectivity index (χ0n) is 10.4. The van der Waals surface area contributed by atoms with Crippen LogP contribution in [-0.4, -0.2) is 29.1 Å². The van der Waals surface area contributed by atoms with Crippen molar-refractivity contribution < 1.29 is 9.90 Å². The first-order valence-electron chi connectivity index (χ1n) is 6.27. The van der Waals surface area contributed by atoms with Gasteiger partial charge in [-0.05, 0) is 60.3 Å². The molecule has 0 saturated carbocycles. The molecule has 0 amide bonds. The number of thiophene rings is 1. The van der Waals surface area contributed by atoms with E-state index in [2.05, 4.69) is 39.9 Å². The predicted molar refractivity (Wildman–Crippen MR) is 77.0 cm³/mol. The Balaban J connectivity index is 1.86. The Hall–Kier alpha value is -0.390. The van der Waals surface area contributed by atoms with Crippen molar-refractivity contribution in [2.75, 3.05) is 13.1 Å². The number of rotatable bonds is 5. The molecule has 2 unspecified atom stereocenters. The van der Waals surface area contributed by atoms with Crippen LogP contribution in [0.1, 0.15) is 37.1 Å². The third-order valence-corrected chi connectivity index (χ3v) is 5.43. The number of carboxylic acid groups (broad SMARTS) is 1. The molecule has 2 heterocycles. The van der Waals surface area contributed by atoms with E-state index in [4.69, 9.17) is 5.11 Å². The summed E-state index contributed by atoms with van der Waals surface area (Å²) in [4.78, 5) is 14.4. The second kappa shape index (κ2) is 6.17. The van der Waals surface area contributed by atoms with Crippen molar-refractivity contribution in [1.82, 2.24) is 4.90 Å². The average Bonchev–Trinajstić information content (AvgIpc) is 2.94. The maximum atomic E-state index is 10.6. The molecule has 1 aliphatic heterocycles. The van der Waals surface area contributed by atoms with Gasteiger partial charge in [-0.1, -0.05) is 0 Å². The van der Waals surface area contributed by atoms with Gasteiger partial charge >= 0.3 is 5.97 Å². The van der Waals surface area contributed by atoms with E-state index in [1.54, 1.807) is 11.3 Å². The molecule has 100 valence electrons. The number of likely N-dealkylation sites (tertiary alicyclic amines) is 1. The van der Waals surface area contributed by atoms with Crippen molar-refractivity contribution in [3.63, 3.8) is 0 Å². The van der Waals surface area contributed by atoms with E-state index in [0.717, 1.165) is 25.9 Å². The lowest BCUT2D eigenvalue weighted by Crippen LogP contribution is -2.24. The summed E-state index contributed by atoms with van der Waals surface area (Å²) in [5, 5.41) is 8.71. The van der Waals surface area contributed by atoms with Gasteiger partial charge in [0.05, 0.1) is 3.79 Å². The molecule has 1 fully saturated rings. The van der Waals surface area contributed by atoms with Crippen LogP contribution in [0.5, 0.6) is 0 Å². The normalized spacial score (nSPS) is 22.2. The molecule has 0 radical (unpaired) electrons. The Morgan fingerprint density at radius 3 is 3.06 bits per heavy atom. The van der Waals surface area contributed by atoms with Gasteiger partial charge in [0, 0.05) is 23.9 Å². The molecular weight excluding hydrogens is 314 g/mol. The van der Waals surface area contributed by atoms with Crippen molar-refractivity contribution in [2.24, 2.45) is 5.92 Å². The average molecular weight is 332 g/mol. The molecule has 0 aromatic carbocycles. The van der Waals surface area contributed by atoms with Crippen molar-refractivity contribution in [1.29, 1.82) is 0 Å². The summed E-state index contributed by atoms with van der Waals surface area (Å²) in [7, 11) is 0. The Morgan fingerprint density at radius 1 is 1.67 bits per heavy atom. The molecule has 18 heavy (non-hydrogen) atoms. The Morgan fingerprint density at radius 2 is 2.44 bits per heavy atom. The number of nitrogens with zero attached hydrogens (tertiary/aromatic N) is 1. The van der Waals surface area contributed by atoms with Gasteiger partial charge in [-0.2, -0.15) is 0 Å². The molecule has 2 rings (SSSR count). The number of carbonyl (C=O) groups is 1. The topological polar surface area (TPSA) is 40.5 Å². The van der Waals surface area contributed by atoms with E-state index in [1.807, 2.05) is 0 Å². The quantitative estimate of drug-likeness (QED) is 0.893. The summed E-state index contributed by atoms with van der Waals surface area (Å²) in [6.07, 6.45) is 2.24. The van der Waals surface area contributed by atoms with Gasteiger partial charge in [-0.25, -0.2) is 0 Å². The third kappa shape index (κ3) is 3.56. The molecule has 0 spiro atoms. The Bertz CT molecular complexity index is 421. The van der Waals surface area contributed by atoms with Gasteiger partial charge in [-0.3, -0.25) is 9.69 Å².